The standard InChI is InChI=1S/C9H10N8O2/c10-16-13-8-6(9(18)14-17-11)4-2-1-3-5(4)7(12-8)15-19/h1-3H2,(H2,10,12,13)(H2,11,14,18). The summed E-state index contributed by atoms with van der Waals surface area (Å²) in [4.78, 5) is 26.5. The van der Waals surface area contributed by atoms with Crippen LogP contribution in [0.15, 0.2) is 25.9 Å². The number of aromatic nitrogens is 1. The minimum atomic E-state index is -0.701. The maximum absolute atomic E-state index is 11.9. The van der Waals surface area contributed by atoms with Crippen molar-refractivity contribution in [2.24, 2.45) is 37.5 Å². The van der Waals surface area contributed by atoms with E-state index in [1.54, 1.807) is 0 Å². The molecular weight excluding hydrogens is 252 g/mol. The van der Waals surface area contributed by atoms with Crippen molar-refractivity contribution in [2.75, 3.05) is 0 Å². The van der Waals surface area contributed by atoms with Gasteiger partial charge >= 0.3 is 5.91 Å². The highest BCUT2D eigenvalue weighted by atomic mass is 16.3. The van der Waals surface area contributed by atoms with Crippen LogP contribution in [0.1, 0.15) is 27.9 Å². The van der Waals surface area contributed by atoms with E-state index >= 15 is 0 Å². The molecule has 0 bridgehead atoms. The largest absolute Gasteiger partial charge is 0.305 e. The number of nitroso groups, excluding NO2 is 1. The molecule has 1 heterocycles. The van der Waals surface area contributed by atoms with Gasteiger partial charge in [-0.25, -0.2) is 4.98 Å². The van der Waals surface area contributed by atoms with Crippen LogP contribution in [0, 0.1) is 4.91 Å². The van der Waals surface area contributed by atoms with Crippen LogP contribution in [0.4, 0.5) is 11.6 Å². The molecule has 98 valence electrons. The number of hydrogen-bond donors (Lipinski definition) is 2. The average molecular weight is 262 g/mol. The Hall–Kier alpha value is -2.78. The van der Waals surface area contributed by atoms with Crippen molar-refractivity contribution in [2.45, 2.75) is 19.3 Å². The first-order valence-corrected chi connectivity index (χ1v) is 5.38. The summed E-state index contributed by atoms with van der Waals surface area (Å²) in [6.45, 7) is 0. The van der Waals surface area contributed by atoms with E-state index < -0.39 is 5.91 Å². The van der Waals surface area contributed by atoms with Gasteiger partial charge < -0.3 is 11.7 Å². The van der Waals surface area contributed by atoms with Gasteiger partial charge in [0.15, 0.2) is 5.82 Å². The number of rotatable bonds is 3. The van der Waals surface area contributed by atoms with E-state index in [9.17, 15) is 9.70 Å². The minimum Gasteiger partial charge on any atom is -0.305 e. The highest BCUT2D eigenvalue weighted by Gasteiger charge is 2.28. The Bertz CT molecular complexity index is 594. The third-order valence-electron chi connectivity index (χ3n) is 2.83. The van der Waals surface area contributed by atoms with Crippen molar-refractivity contribution in [1.29, 1.82) is 0 Å². The van der Waals surface area contributed by atoms with Crippen LogP contribution >= 0.6 is 0 Å². The molecule has 0 fully saturated rings. The Labute approximate surface area is 106 Å². The first-order valence-electron chi connectivity index (χ1n) is 5.38. The van der Waals surface area contributed by atoms with Crippen molar-refractivity contribution < 1.29 is 4.79 Å². The fraction of sp³-hybridized carbons (Fsp3) is 0.333. The number of nitrogens with two attached hydrogens (primary N) is 2. The van der Waals surface area contributed by atoms with Gasteiger partial charge in [-0.1, -0.05) is 15.6 Å². The molecule has 0 radical (unpaired) electrons. The lowest BCUT2D eigenvalue weighted by Crippen LogP contribution is -2.04. The predicted molar refractivity (Wildman–Crippen MR) is 63.8 cm³/mol. The molecule has 0 atom stereocenters. The van der Waals surface area contributed by atoms with Crippen LogP contribution in [0.2, 0.25) is 0 Å². The molecule has 0 saturated carbocycles. The van der Waals surface area contributed by atoms with Crippen LogP contribution in [0.5, 0.6) is 0 Å². The first-order chi connectivity index (χ1) is 9.22. The second kappa shape index (κ2) is 5.25. The second-order valence-corrected chi connectivity index (χ2v) is 3.77. The van der Waals surface area contributed by atoms with Crippen LogP contribution in [-0.2, 0) is 12.8 Å². The van der Waals surface area contributed by atoms with Crippen molar-refractivity contribution in [3.8, 4) is 0 Å². The molecule has 10 nitrogen and oxygen atoms in total. The molecule has 0 aromatic carbocycles. The summed E-state index contributed by atoms with van der Waals surface area (Å²) in [6, 6.07) is 0. The number of carbonyl (C=O) groups is 1. The maximum atomic E-state index is 11.9. The summed E-state index contributed by atoms with van der Waals surface area (Å²) in [5.41, 5.74) is 1.37. The number of carbonyl (C=O) groups excluding carboxylic acids is 1. The van der Waals surface area contributed by atoms with E-state index in [-0.39, 0.29) is 17.2 Å². The van der Waals surface area contributed by atoms with Gasteiger partial charge in [-0.3, -0.25) is 4.79 Å². The molecule has 1 aliphatic carbocycles. The maximum Gasteiger partial charge on any atom is 0.301 e. The van der Waals surface area contributed by atoms with Crippen LogP contribution in [-0.4, -0.2) is 10.9 Å². The molecule has 19 heavy (non-hydrogen) atoms. The van der Waals surface area contributed by atoms with Crippen molar-refractivity contribution >= 4 is 17.5 Å². The number of fused-ring (bicyclic) bond motifs is 1. The van der Waals surface area contributed by atoms with Crippen molar-refractivity contribution in [3.05, 3.63) is 21.6 Å². The zero-order chi connectivity index (χ0) is 13.8. The van der Waals surface area contributed by atoms with Crippen LogP contribution < -0.4 is 11.7 Å². The number of amides is 1. The van der Waals surface area contributed by atoms with Gasteiger partial charge in [-0.2, -0.15) is 0 Å². The third kappa shape index (κ3) is 2.14. The molecule has 1 aromatic rings. The van der Waals surface area contributed by atoms with Gasteiger partial charge in [0.05, 0.1) is 5.56 Å². The zero-order valence-corrected chi connectivity index (χ0v) is 9.78. The van der Waals surface area contributed by atoms with Crippen LogP contribution in [0.3, 0.4) is 0 Å². The van der Waals surface area contributed by atoms with Crippen molar-refractivity contribution in [3.63, 3.8) is 0 Å². The molecular formula is C9H10N8O2. The summed E-state index contributed by atoms with van der Waals surface area (Å²) in [7, 11) is 0. The highest BCUT2D eigenvalue weighted by Crippen LogP contribution is 2.37. The number of nitrogens with zero attached hydrogens (tertiary/aromatic N) is 6. The molecule has 2 rings (SSSR count). The number of pyridine rings is 1. The predicted octanol–water partition coefficient (Wildman–Crippen LogP) is 1.39. The summed E-state index contributed by atoms with van der Waals surface area (Å²) in [6.07, 6.45) is 1.99. The SMILES string of the molecule is NN=NC(=O)c1c(N=NN)nc(N=O)c2c1CCC2. The number of hydrogen-bond acceptors (Lipinski definition) is 7. The molecule has 10 heteroatoms. The van der Waals surface area contributed by atoms with E-state index in [0.717, 1.165) is 6.42 Å². The molecule has 0 unspecified atom stereocenters. The van der Waals surface area contributed by atoms with Gasteiger partial charge in [0.1, 0.15) is 0 Å². The zero-order valence-electron chi connectivity index (χ0n) is 9.78. The lowest BCUT2D eigenvalue weighted by Gasteiger charge is -2.07. The van der Waals surface area contributed by atoms with Gasteiger partial charge in [0.25, 0.3) is 0 Å². The highest BCUT2D eigenvalue weighted by molar-refractivity contribution is 6.01. The summed E-state index contributed by atoms with van der Waals surface area (Å²) < 4.78 is 0. The lowest BCUT2D eigenvalue weighted by atomic mass is 10.0. The molecule has 4 N–H and O–H groups in total. The van der Waals surface area contributed by atoms with E-state index in [1.165, 1.54) is 0 Å². The summed E-state index contributed by atoms with van der Waals surface area (Å²) >= 11 is 0. The minimum absolute atomic E-state index is 0.00358. The quantitative estimate of drug-likeness (QED) is 0.363. The van der Waals surface area contributed by atoms with Crippen molar-refractivity contribution in [1.82, 2.24) is 4.98 Å². The molecule has 0 spiro atoms. The van der Waals surface area contributed by atoms with E-state index in [4.69, 9.17) is 11.7 Å². The Morgan fingerprint density at radius 3 is 2.47 bits per heavy atom. The molecule has 0 saturated heterocycles. The Kier molecular flexibility index (Phi) is 3.50. The second-order valence-electron chi connectivity index (χ2n) is 3.77. The van der Waals surface area contributed by atoms with E-state index in [1.807, 2.05) is 0 Å². The van der Waals surface area contributed by atoms with E-state index in [2.05, 4.69) is 30.8 Å². The fourth-order valence-electron chi connectivity index (χ4n) is 2.15. The Morgan fingerprint density at radius 2 is 1.84 bits per heavy atom. The first kappa shape index (κ1) is 12.7. The van der Waals surface area contributed by atoms with E-state index in [0.29, 0.717) is 24.0 Å². The monoisotopic (exact) mass is 262 g/mol. The molecule has 1 aliphatic rings. The lowest BCUT2D eigenvalue weighted by molar-refractivity contribution is 0.0993. The smallest absolute Gasteiger partial charge is 0.301 e. The topological polar surface area (TPSA) is 161 Å². The summed E-state index contributed by atoms with van der Waals surface area (Å²) in [5.74, 6) is 9.02. The molecule has 1 amide bonds. The Balaban J connectivity index is 2.72. The average Bonchev–Trinajstić information content (AvgIpc) is 2.87. The summed E-state index contributed by atoms with van der Waals surface area (Å²) in [5, 5.41) is 15.6. The van der Waals surface area contributed by atoms with Crippen LogP contribution in [0.25, 0.3) is 0 Å². The molecule has 1 aromatic heterocycles. The normalized spacial score (nSPS) is 14.1. The van der Waals surface area contributed by atoms with Gasteiger partial charge in [-0.05, 0) is 30.0 Å². The fourth-order valence-corrected chi connectivity index (χ4v) is 2.15. The van der Waals surface area contributed by atoms with Gasteiger partial charge in [-0.15, -0.1) is 10.0 Å². The van der Waals surface area contributed by atoms with Gasteiger partial charge in [0.2, 0.25) is 5.82 Å². The molecule has 0 aliphatic heterocycles. The Morgan fingerprint density at radius 1 is 1.11 bits per heavy atom. The van der Waals surface area contributed by atoms with Gasteiger partial charge in [0, 0.05) is 5.56 Å². The third-order valence-corrected chi connectivity index (χ3v) is 2.83.